The van der Waals surface area contributed by atoms with Crippen LogP contribution >= 0.6 is 0 Å². The quantitative estimate of drug-likeness (QED) is 0.113. The summed E-state index contributed by atoms with van der Waals surface area (Å²) in [7, 11) is -1.17. The number of carbonyl (C=O) groups excluding carboxylic acids is 2. The van der Waals surface area contributed by atoms with Crippen LogP contribution in [-0.2, 0) is 27.4 Å². The Balaban J connectivity index is 1.21. The molecule has 2 N–H and O–H groups in total. The third kappa shape index (κ3) is 9.18. The van der Waals surface area contributed by atoms with E-state index in [-0.39, 0.29) is 11.8 Å². The van der Waals surface area contributed by atoms with Crippen molar-refractivity contribution in [3.63, 3.8) is 0 Å². The molecule has 2 aromatic carbocycles. The summed E-state index contributed by atoms with van der Waals surface area (Å²) in [6, 6.07) is 15.1. The molecule has 1 saturated carbocycles. The van der Waals surface area contributed by atoms with E-state index in [1.807, 2.05) is 62.8 Å². The van der Waals surface area contributed by atoms with Gasteiger partial charge < -0.3 is 20.1 Å². The van der Waals surface area contributed by atoms with Crippen LogP contribution in [0.4, 0.5) is 10.5 Å². The number of rotatable bonds is 12. The molecule has 2 amide bonds. The maximum absolute atomic E-state index is 14.2. The zero-order chi connectivity index (χ0) is 36.5. The Morgan fingerprint density at radius 2 is 1.73 bits per heavy atom. The number of aryl methyl sites for hydroxylation is 2. The Morgan fingerprint density at radius 1 is 1.00 bits per heavy atom. The maximum atomic E-state index is 14.2. The van der Waals surface area contributed by atoms with Crippen molar-refractivity contribution >= 4 is 25.8 Å². The SMILES string of the molecule is Cc1nn(COCC[Si](C)(C)C)c(C)c1-c1ccc(NC(=O)[C@@H](NC(=O)OC(C)(C)C)C2CCCc3ccc(-c4cnn(C5CC5)c4)cc32)cc1. The minimum Gasteiger partial charge on any atom is -0.444 e. The normalized spacial score (nSPS) is 16.7. The number of nitrogens with zero attached hydrogens (tertiary/aromatic N) is 4. The molecule has 1 unspecified atom stereocenters. The topological polar surface area (TPSA) is 112 Å². The van der Waals surface area contributed by atoms with E-state index in [0.717, 1.165) is 71.1 Å². The number of hydrogen-bond acceptors (Lipinski definition) is 6. The standard InChI is InChI=1S/C40H54N6O4Si/c1-26-36(27(2)46(44-26)25-49-20-21-51(6,7)8)29-14-16-32(17-15-29)42-38(47)37(43-39(48)50-40(3,4)5)34-11-9-10-28-12-13-30(22-35(28)34)31-23-41-45(24-31)33-18-19-33/h12-17,22-24,33-34,37H,9-11,18-21,25H2,1-8H3,(H,42,47)(H,43,48)/t34?,37-/m0/s1. The summed E-state index contributed by atoms with van der Waals surface area (Å²) in [5, 5.41) is 15.4. The molecule has 0 aliphatic heterocycles. The van der Waals surface area contributed by atoms with Crippen LogP contribution in [0.3, 0.4) is 0 Å². The van der Waals surface area contributed by atoms with Gasteiger partial charge in [-0.05, 0) is 107 Å². The molecule has 2 aromatic heterocycles. The molecular formula is C40H54N6O4Si. The largest absolute Gasteiger partial charge is 0.444 e. The Bertz CT molecular complexity index is 1860. The highest BCUT2D eigenvalue weighted by atomic mass is 28.3. The molecule has 0 radical (unpaired) electrons. The second-order valence-corrected chi connectivity index (χ2v) is 22.1. The van der Waals surface area contributed by atoms with Gasteiger partial charge in [-0.2, -0.15) is 10.2 Å². The number of carbonyl (C=O) groups is 2. The Labute approximate surface area is 303 Å². The van der Waals surface area contributed by atoms with Gasteiger partial charge in [0.2, 0.25) is 5.91 Å². The molecule has 2 aliphatic rings. The van der Waals surface area contributed by atoms with Crippen molar-refractivity contribution in [1.82, 2.24) is 24.9 Å². The first-order chi connectivity index (χ1) is 24.1. The van der Waals surface area contributed by atoms with Gasteiger partial charge >= 0.3 is 6.09 Å². The molecule has 10 nitrogen and oxygen atoms in total. The van der Waals surface area contributed by atoms with Crippen LogP contribution in [0.1, 0.15) is 80.9 Å². The van der Waals surface area contributed by atoms with Gasteiger partial charge in [-0.25, -0.2) is 9.48 Å². The fraction of sp³-hybridized carbons (Fsp3) is 0.500. The molecule has 51 heavy (non-hydrogen) atoms. The van der Waals surface area contributed by atoms with Crippen LogP contribution in [0.5, 0.6) is 0 Å². The molecule has 2 aliphatic carbocycles. The first-order valence-corrected chi connectivity index (χ1v) is 22.1. The highest BCUT2D eigenvalue weighted by molar-refractivity contribution is 6.76. The summed E-state index contributed by atoms with van der Waals surface area (Å²) in [6.45, 7) is 17.7. The number of fused-ring (bicyclic) bond motifs is 1. The van der Waals surface area contributed by atoms with Crippen LogP contribution in [0.2, 0.25) is 25.7 Å². The number of hydrogen-bond donors (Lipinski definition) is 2. The van der Waals surface area contributed by atoms with Gasteiger partial charge in [0.25, 0.3) is 0 Å². The molecule has 0 spiro atoms. The molecule has 0 bridgehead atoms. The third-order valence-corrected chi connectivity index (χ3v) is 11.5. The first kappa shape index (κ1) is 36.6. The van der Waals surface area contributed by atoms with E-state index in [9.17, 15) is 9.59 Å². The Morgan fingerprint density at radius 3 is 2.41 bits per heavy atom. The minimum atomic E-state index is -1.17. The fourth-order valence-electron chi connectivity index (χ4n) is 6.88. The van der Waals surface area contributed by atoms with Gasteiger partial charge in [-0.15, -0.1) is 0 Å². The van der Waals surface area contributed by atoms with Gasteiger partial charge in [0.1, 0.15) is 18.4 Å². The Hall–Kier alpha value is -4.22. The maximum Gasteiger partial charge on any atom is 0.408 e. The molecule has 11 heteroatoms. The van der Waals surface area contributed by atoms with Crippen molar-refractivity contribution in [2.75, 3.05) is 11.9 Å². The monoisotopic (exact) mass is 710 g/mol. The average Bonchev–Trinajstić information content (AvgIpc) is 3.72. The summed E-state index contributed by atoms with van der Waals surface area (Å²) in [6.07, 6.45) is 8.36. The second kappa shape index (κ2) is 14.8. The molecule has 2 atom stereocenters. The minimum absolute atomic E-state index is 0.233. The van der Waals surface area contributed by atoms with Gasteiger partial charge in [-0.3, -0.25) is 9.48 Å². The van der Waals surface area contributed by atoms with Gasteiger partial charge in [0.05, 0.1) is 17.9 Å². The van der Waals surface area contributed by atoms with Crippen molar-refractivity contribution in [3.8, 4) is 22.3 Å². The number of alkyl carbamates (subject to hydrolysis) is 1. The van der Waals surface area contributed by atoms with Crippen LogP contribution in [0, 0.1) is 13.8 Å². The summed E-state index contributed by atoms with van der Waals surface area (Å²) in [4.78, 5) is 27.4. The van der Waals surface area contributed by atoms with E-state index in [2.05, 4.69) is 71.4 Å². The lowest BCUT2D eigenvalue weighted by Crippen LogP contribution is -2.49. The number of benzene rings is 2. The lowest BCUT2D eigenvalue weighted by Gasteiger charge is -2.33. The number of anilines is 1. The molecule has 6 rings (SSSR count). The Kier molecular flexibility index (Phi) is 10.6. The van der Waals surface area contributed by atoms with E-state index >= 15 is 0 Å². The number of aromatic nitrogens is 4. The van der Waals surface area contributed by atoms with E-state index in [4.69, 9.17) is 14.6 Å². The van der Waals surface area contributed by atoms with Crippen LogP contribution < -0.4 is 10.6 Å². The summed E-state index contributed by atoms with van der Waals surface area (Å²) in [5.41, 5.74) is 8.37. The van der Waals surface area contributed by atoms with Gasteiger partial charge in [0.15, 0.2) is 0 Å². The van der Waals surface area contributed by atoms with E-state index in [1.54, 1.807) is 0 Å². The summed E-state index contributed by atoms with van der Waals surface area (Å²) >= 11 is 0. The lowest BCUT2D eigenvalue weighted by atomic mass is 9.77. The average molecular weight is 711 g/mol. The first-order valence-electron chi connectivity index (χ1n) is 18.3. The van der Waals surface area contributed by atoms with Crippen molar-refractivity contribution < 1.29 is 19.1 Å². The predicted octanol–water partition coefficient (Wildman–Crippen LogP) is 8.63. The molecule has 1 fully saturated rings. The molecule has 4 aromatic rings. The fourth-order valence-corrected chi connectivity index (χ4v) is 7.64. The number of amides is 2. The van der Waals surface area contributed by atoms with E-state index in [1.165, 1.54) is 18.4 Å². The van der Waals surface area contributed by atoms with Crippen molar-refractivity contribution in [1.29, 1.82) is 0 Å². The summed E-state index contributed by atoms with van der Waals surface area (Å²) in [5.74, 6) is -0.517. The highest BCUT2D eigenvalue weighted by Crippen LogP contribution is 2.39. The number of ether oxygens (including phenoxy) is 2. The van der Waals surface area contributed by atoms with Crippen LogP contribution in [0.15, 0.2) is 54.9 Å². The van der Waals surface area contributed by atoms with Crippen LogP contribution in [-0.4, -0.2) is 57.9 Å². The zero-order valence-corrected chi connectivity index (χ0v) is 32.5. The van der Waals surface area contributed by atoms with Gasteiger partial charge in [0, 0.05) is 49.3 Å². The van der Waals surface area contributed by atoms with E-state index in [0.29, 0.717) is 18.5 Å². The van der Waals surface area contributed by atoms with Crippen LogP contribution in [0.25, 0.3) is 22.3 Å². The third-order valence-electron chi connectivity index (χ3n) is 9.75. The van der Waals surface area contributed by atoms with Gasteiger partial charge in [-0.1, -0.05) is 50.0 Å². The smallest absolute Gasteiger partial charge is 0.408 e. The van der Waals surface area contributed by atoms with Crippen molar-refractivity contribution in [2.24, 2.45) is 0 Å². The molecule has 0 saturated heterocycles. The second-order valence-electron chi connectivity index (χ2n) is 16.4. The number of nitrogens with one attached hydrogen (secondary N) is 2. The summed E-state index contributed by atoms with van der Waals surface area (Å²) < 4.78 is 15.6. The predicted molar refractivity (Wildman–Crippen MR) is 205 cm³/mol. The van der Waals surface area contributed by atoms with E-state index < -0.39 is 25.8 Å². The molecular weight excluding hydrogens is 657 g/mol. The van der Waals surface area contributed by atoms with Crippen molar-refractivity contribution in [2.45, 2.75) is 123 Å². The highest BCUT2D eigenvalue weighted by Gasteiger charge is 2.36. The molecule has 272 valence electrons. The lowest BCUT2D eigenvalue weighted by molar-refractivity contribution is -0.118. The zero-order valence-electron chi connectivity index (χ0n) is 31.5. The van der Waals surface area contributed by atoms with Crippen molar-refractivity contribution in [3.05, 3.63) is 77.4 Å². The molecule has 2 heterocycles.